The first-order valence-electron chi connectivity index (χ1n) is 12.9. The molecule has 0 aliphatic rings. The lowest BCUT2D eigenvalue weighted by atomic mass is 9.90. The maximum Gasteiger partial charge on any atom is 0.338 e. The second-order valence-electron chi connectivity index (χ2n) is 8.86. The van der Waals surface area contributed by atoms with Crippen LogP contribution in [0.25, 0.3) is 0 Å². The lowest BCUT2D eigenvalue weighted by Gasteiger charge is -2.18. The van der Waals surface area contributed by atoms with Crippen molar-refractivity contribution >= 4 is 17.8 Å². The largest absolute Gasteiger partial charge is 0.463 e. The van der Waals surface area contributed by atoms with E-state index in [1.54, 1.807) is 31.2 Å². The number of esters is 2. The number of hydrogen-bond donors (Lipinski definition) is 1. The molecule has 6 nitrogen and oxygen atoms in total. The quantitative estimate of drug-likeness (QED) is 0.163. The summed E-state index contributed by atoms with van der Waals surface area (Å²) < 4.78 is 10.4. The van der Waals surface area contributed by atoms with E-state index in [0.717, 1.165) is 44.9 Å². The second kappa shape index (κ2) is 17.1. The summed E-state index contributed by atoms with van der Waals surface area (Å²) >= 11 is 0. The molecule has 0 radical (unpaired) electrons. The topological polar surface area (TPSA) is 81.7 Å². The van der Waals surface area contributed by atoms with Gasteiger partial charge in [0.25, 0.3) is 5.91 Å². The zero-order valence-electron chi connectivity index (χ0n) is 21.4. The zero-order chi connectivity index (χ0) is 26.0. The van der Waals surface area contributed by atoms with Crippen LogP contribution in [0.2, 0.25) is 0 Å². The Labute approximate surface area is 215 Å². The average molecular weight is 494 g/mol. The molecule has 2 rings (SSSR count). The van der Waals surface area contributed by atoms with E-state index >= 15 is 0 Å². The van der Waals surface area contributed by atoms with Crippen molar-refractivity contribution in [1.82, 2.24) is 5.32 Å². The first kappa shape index (κ1) is 28.8. The molecule has 0 bridgehead atoms. The summed E-state index contributed by atoms with van der Waals surface area (Å²) in [5, 5.41) is 2.97. The van der Waals surface area contributed by atoms with Crippen LogP contribution in [0.1, 0.15) is 79.0 Å². The lowest BCUT2D eigenvalue weighted by Crippen LogP contribution is -2.24. The first-order chi connectivity index (χ1) is 17.5. The predicted octanol–water partition coefficient (Wildman–Crippen LogP) is 6.13. The number of hydrogen-bond acceptors (Lipinski definition) is 5. The van der Waals surface area contributed by atoms with Crippen molar-refractivity contribution < 1.29 is 23.9 Å². The SMILES string of the molecule is C=C(CC(CCCCCCOC(=O)c1ccccc1)CCCNC(=O)c1ccccc1)C(=O)OCC. The lowest BCUT2D eigenvalue weighted by molar-refractivity contribution is -0.138. The molecule has 0 aliphatic heterocycles. The van der Waals surface area contributed by atoms with Crippen LogP contribution < -0.4 is 5.32 Å². The molecule has 2 aromatic rings. The smallest absolute Gasteiger partial charge is 0.338 e. The van der Waals surface area contributed by atoms with Gasteiger partial charge in [-0.25, -0.2) is 9.59 Å². The Kier molecular flexibility index (Phi) is 13.7. The minimum Gasteiger partial charge on any atom is -0.463 e. The summed E-state index contributed by atoms with van der Waals surface area (Å²) in [7, 11) is 0. The van der Waals surface area contributed by atoms with E-state index in [0.29, 0.717) is 48.8 Å². The van der Waals surface area contributed by atoms with Crippen LogP contribution in [0.3, 0.4) is 0 Å². The molecule has 1 unspecified atom stereocenters. The van der Waals surface area contributed by atoms with Crippen LogP contribution in [0.4, 0.5) is 0 Å². The summed E-state index contributed by atoms with van der Waals surface area (Å²) in [5.41, 5.74) is 1.73. The monoisotopic (exact) mass is 493 g/mol. The normalized spacial score (nSPS) is 11.4. The summed E-state index contributed by atoms with van der Waals surface area (Å²) in [4.78, 5) is 36.3. The van der Waals surface area contributed by atoms with Crippen molar-refractivity contribution in [3.8, 4) is 0 Å². The van der Waals surface area contributed by atoms with E-state index in [1.807, 2.05) is 36.4 Å². The highest BCUT2D eigenvalue weighted by Crippen LogP contribution is 2.23. The van der Waals surface area contributed by atoms with Gasteiger partial charge in [0.05, 0.1) is 18.8 Å². The van der Waals surface area contributed by atoms with Crippen LogP contribution in [-0.2, 0) is 14.3 Å². The molecule has 0 aliphatic carbocycles. The van der Waals surface area contributed by atoms with Crippen molar-refractivity contribution in [3.63, 3.8) is 0 Å². The molecule has 194 valence electrons. The fourth-order valence-corrected chi connectivity index (χ4v) is 4.01. The number of amides is 1. The summed E-state index contributed by atoms with van der Waals surface area (Å²) in [6, 6.07) is 18.2. The number of benzene rings is 2. The van der Waals surface area contributed by atoms with Gasteiger partial charge in [-0.1, -0.05) is 68.7 Å². The molecule has 0 aromatic heterocycles. The van der Waals surface area contributed by atoms with Crippen molar-refractivity contribution in [2.75, 3.05) is 19.8 Å². The number of carbonyl (C=O) groups excluding carboxylic acids is 3. The van der Waals surface area contributed by atoms with Crippen molar-refractivity contribution in [2.24, 2.45) is 5.92 Å². The predicted molar refractivity (Wildman–Crippen MR) is 142 cm³/mol. The van der Waals surface area contributed by atoms with Gasteiger partial charge < -0.3 is 14.8 Å². The fourth-order valence-electron chi connectivity index (χ4n) is 4.01. The molecule has 0 fully saturated rings. The number of rotatable bonds is 17. The van der Waals surface area contributed by atoms with Crippen LogP contribution >= 0.6 is 0 Å². The van der Waals surface area contributed by atoms with Crippen LogP contribution in [0.5, 0.6) is 0 Å². The zero-order valence-corrected chi connectivity index (χ0v) is 21.4. The third-order valence-electron chi connectivity index (χ3n) is 5.96. The maximum atomic E-state index is 12.2. The van der Waals surface area contributed by atoms with Gasteiger partial charge in [-0.3, -0.25) is 4.79 Å². The van der Waals surface area contributed by atoms with E-state index in [1.165, 1.54) is 0 Å². The summed E-state index contributed by atoms with van der Waals surface area (Å²) in [6.07, 6.45) is 7.12. The van der Waals surface area contributed by atoms with E-state index in [2.05, 4.69) is 11.9 Å². The van der Waals surface area contributed by atoms with Crippen LogP contribution in [-0.4, -0.2) is 37.6 Å². The van der Waals surface area contributed by atoms with Gasteiger partial charge in [-0.2, -0.15) is 0 Å². The maximum absolute atomic E-state index is 12.2. The molecule has 1 amide bonds. The Hall–Kier alpha value is -3.41. The van der Waals surface area contributed by atoms with Gasteiger partial charge >= 0.3 is 11.9 Å². The van der Waals surface area contributed by atoms with E-state index in [-0.39, 0.29) is 17.8 Å². The van der Waals surface area contributed by atoms with Gasteiger partial charge in [0.2, 0.25) is 0 Å². The Morgan fingerprint density at radius 3 is 2.08 bits per heavy atom. The fraction of sp³-hybridized carbons (Fsp3) is 0.433. The minimum atomic E-state index is -0.333. The number of carbonyl (C=O) groups is 3. The number of ether oxygens (including phenoxy) is 2. The van der Waals surface area contributed by atoms with Crippen LogP contribution in [0, 0.1) is 5.92 Å². The summed E-state index contributed by atoms with van der Waals surface area (Å²) in [5.74, 6) is -0.393. The van der Waals surface area contributed by atoms with Gasteiger partial charge in [0.1, 0.15) is 0 Å². The Morgan fingerprint density at radius 1 is 0.806 bits per heavy atom. The highest BCUT2D eigenvalue weighted by atomic mass is 16.5. The van der Waals surface area contributed by atoms with Gasteiger partial charge in [0, 0.05) is 17.7 Å². The van der Waals surface area contributed by atoms with Crippen molar-refractivity contribution in [1.29, 1.82) is 0 Å². The Balaban J connectivity index is 1.68. The average Bonchev–Trinajstić information content (AvgIpc) is 2.91. The van der Waals surface area contributed by atoms with E-state index in [9.17, 15) is 14.4 Å². The Bertz CT molecular complexity index is 942. The standard InChI is InChI=1S/C30H39NO5/c1-3-35-29(33)24(2)23-25(16-14-21-31-28(32)26-17-9-6-10-18-26)15-8-4-5-13-22-36-30(34)27-19-11-7-12-20-27/h6-7,9-12,17-20,25H,2-5,8,13-16,21-23H2,1H3,(H,31,32). The van der Waals surface area contributed by atoms with E-state index < -0.39 is 0 Å². The van der Waals surface area contributed by atoms with Gasteiger partial charge in [-0.05, 0) is 62.8 Å². The molecule has 0 heterocycles. The molecular weight excluding hydrogens is 454 g/mol. The highest BCUT2D eigenvalue weighted by Gasteiger charge is 2.16. The molecular formula is C30H39NO5. The molecule has 1 atom stereocenters. The molecule has 0 saturated carbocycles. The molecule has 1 N–H and O–H groups in total. The van der Waals surface area contributed by atoms with Gasteiger partial charge in [-0.15, -0.1) is 0 Å². The van der Waals surface area contributed by atoms with Gasteiger partial charge in [0.15, 0.2) is 0 Å². The molecule has 6 heteroatoms. The number of nitrogens with one attached hydrogen (secondary N) is 1. The summed E-state index contributed by atoms with van der Waals surface area (Å²) in [6.45, 7) is 7.05. The van der Waals surface area contributed by atoms with E-state index in [4.69, 9.17) is 9.47 Å². The third-order valence-corrected chi connectivity index (χ3v) is 5.96. The molecule has 0 saturated heterocycles. The molecule has 0 spiro atoms. The second-order valence-corrected chi connectivity index (χ2v) is 8.86. The Morgan fingerprint density at radius 2 is 1.42 bits per heavy atom. The van der Waals surface area contributed by atoms with Crippen molar-refractivity contribution in [3.05, 3.63) is 83.9 Å². The van der Waals surface area contributed by atoms with Crippen molar-refractivity contribution in [2.45, 2.75) is 58.3 Å². The number of unbranched alkanes of at least 4 members (excludes halogenated alkanes) is 3. The molecule has 36 heavy (non-hydrogen) atoms. The third kappa shape index (κ3) is 11.3. The van der Waals surface area contributed by atoms with Crippen LogP contribution in [0.15, 0.2) is 72.8 Å². The highest BCUT2D eigenvalue weighted by molar-refractivity contribution is 5.94. The minimum absolute atomic E-state index is 0.0731. The molecule has 2 aromatic carbocycles. The first-order valence-corrected chi connectivity index (χ1v) is 12.9.